The lowest BCUT2D eigenvalue weighted by Gasteiger charge is -2.47. The average Bonchev–Trinajstić information content (AvgIpc) is 3.52. The van der Waals surface area contributed by atoms with Crippen LogP contribution in [0.4, 0.5) is 0 Å². The quantitative estimate of drug-likeness (QED) is 0.145. The number of thiophene rings is 1. The second kappa shape index (κ2) is 16.1. The van der Waals surface area contributed by atoms with Crippen molar-refractivity contribution in [3.05, 3.63) is 77.3 Å². The van der Waals surface area contributed by atoms with Crippen LogP contribution in [0.2, 0.25) is 0 Å². The van der Waals surface area contributed by atoms with Crippen molar-refractivity contribution in [3.8, 4) is 0 Å². The zero-order valence-corrected chi connectivity index (χ0v) is 31.0. The van der Waals surface area contributed by atoms with E-state index in [-0.39, 0.29) is 18.1 Å². The highest BCUT2D eigenvalue weighted by Crippen LogP contribution is 2.39. The fourth-order valence-corrected chi connectivity index (χ4v) is 8.87. The number of rotatable bonds is 12. The summed E-state index contributed by atoms with van der Waals surface area (Å²) in [6, 6.07) is 18.2. The number of hydrogen-bond acceptors (Lipinski definition) is 8. The Labute approximate surface area is 308 Å². The van der Waals surface area contributed by atoms with E-state index in [9.17, 15) is 24.3 Å². The largest absolute Gasteiger partial charge is 0.390 e. The Bertz CT molecular complexity index is 1890. The zero-order valence-electron chi connectivity index (χ0n) is 30.1. The molecule has 12 heteroatoms. The summed E-state index contributed by atoms with van der Waals surface area (Å²) < 4.78 is 1.08. The van der Waals surface area contributed by atoms with Gasteiger partial charge in [0.15, 0.2) is 0 Å². The Kier molecular flexibility index (Phi) is 11.6. The van der Waals surface area contributed by atoms with Crippen LogP contribution in [0, 0.1) is 11.8 Å². The standard InChI is InChI=1S/C40H50N6O5S/c1-40(2,3)45-39(51)33-19-25-11-4-5-13-27(25)22-46(33)23-34(47)31(20-28-18-26-12-7-9-15-35(26)52-28)43-38(50)32(21-36(41)48)44-37(49)30-17-16-24-10-6-8-14-29(24)42-30/h6-10,12,14-18,25,27,31-34,47H,4-5,11,13,19-23H2,1-3H3,(H2,41,48)(H,43,50)(H,44,49)(H,45,51)/t25-,27+,31-,32-,33-,34+/m0/s1. The Morgan fingerprint density at radius 3 is 2.40 bits per heavy atom. The maximum Gasteiger partial charge on any atom is 0.270 e. The number of aliphatic hydroxyl groups is 1. The number of hydrogen-bond donors (Lipinski definition) is 5. The Hall–Kier alpha value is -4.39. The number of piperidine rings is 1. The predicted molar refractivity (Wildman–Crippen MR) is 204 cm³/mol. The van der Waals surface area contributed by atoms with E-state index in [1.54, 1.807) is 29.5 Å². The minimum absolute atomic E-state index is 0.0552. The summed E-state index contributed by atoms with van der Waals surface area (Å²) in [6.45, 7) is 6.74. The molecule has 6 atom stereocenters. The molecule has 6 rings (SSSR count). The first-order valence-electron chi connectivity index (χ1n) is 18.3. The Balaban J connectivity index is 1.24. The maximum absolute atomic E-state index is 14.0. The van der Waals surface area contributed by atoms with Crippen molar-refractivity contribution in [1.29, 1.82) is 0 Å². The molecule has 2 fully saturated rings. The van der Waals surface area contributed by atoms with Crippen molar-refractivity contribution in [2.24, 2.45) is 17.6 Å². The minimum Gasteiger partial charge on any atom is -0.390 e. The fourth-order valence-electron chi connectivity index (χ4n) is 7.75. The first-order valence-corrected chi connectivity index (χ1v) is 19.1. The van der Waals surface area contributed by atoms with Gasteiger partial charge in [-0.25, -0.2) is 4.98 Å². The van der Waals surface area contributed by atoms with Crippen molar-refractivity contribution in [2.75, 3.05) is 13.1 Å². The van der Waals surface area contributed by atoms with E-state index >= 15 is 0 Å². The maximum atomic E-state index is 14.0. The van der Waals surface area contributed by atoms with E-state index in [2.05, 4.69) is 25.8 Å². The van der Waals surface area contributed by atoms with E-state index in [4.69, 9.17) is 5.73 Å². The van der Waals surface area contributed by atoms with Crippen molar-refractivity contribution in [1.82, 2.24) is 25.8 Å². The third-order valence-electron chi connectivity index (χ3n) is 10.3. The summed E-state index contributed by atoms with van der Waals surface area (Å²) in [5.74, 6) is -1.20. The molecule has 11 nitrogen and oxygen atoms in total. The number of fused-ring (bicyclic) bond motifs is 3. The van der Waals surface area contributed by atoms with Crippen molar-refractivity contribution in [3.63, 3.8) is 0 Å². The van der Waals surface area contributed by atoms with Gasteiger partial charge in [-0.2, -0.15) is 0 Å². The predicted octanol–water partition coefficient (Wildman–Crippen LogP) is 4.31. The number of β-amino-alcohol motifs (C(OH)–C–C–N with tert-alkyl or cyclic N) is 1. The van der Waals surface area contributed by atoms with Gasteiger partial charge in [-0.15, -0.1) is 11.3 Å². The number of nitrogens with two attached hydrogens (primary N) is 1. The highest BCUT2D eigenvalue weighted by molar-refractivity contribution is 7.19. The molecule has 6 N–H and O–H groups in total. The number of primary amides is 1. The molecule has 1 aliphatic heterocycles. The number of aliphatic hydroxyl groups excluding tert-OH is 1. The highest BCUT2D eigenvalue weighted by atomic mass is 32.1. The number of likely N-dealkylation sites (tertiary alicyclic amines) is 1. The lowest BCUT2D eigenvalue weighted by molar-refractivity contribution is -0.133. The molecule has 2 aromatic carbocycles. The summed E-state index contributed by atoms with van der Waals surface area (Å²) in [5, 5.41) is 22.7. The van der Waals surface area contributed by atoms with Gasteiger partial charge in [0.2, 0.25) is 17.7 Å². The Morgan fingerprint density at radius 2 is 1.67 bits per heavy atom. The summed E-state index contributed by atoms with van der Waals surface area (Å²) in [4.78, 5) is 60.7. The molecule has 276 valence electrons. The number of benzene rings is 2. The van der Waals surface area contributed by atoms with Crippen LogP contribution in [0.25, 0.3) is 21.0 Å². The molecule has 0 unspecified atom stereocenters. The van der Waals surface area contributed by atoms with E-state index < -0.39 is 53.9 Å². The number of nitrogens with one attached hydrogen (secondary N) is 3. The van der Waals surface area contributed by atoms with E-state index in [1.165, 1.54) is 6.42 Å². The van der Waals surface area contributed by atoms with Gasteiger partial charge in [0.05, 0.1) is 30.1 Å². The highest BCUT2D eigenvalue weighted by Gasteiger charge is 2.42. The lowest BCUT2D eigenvalue weighted by Crippen LogP contribution is -2.61. The van der Waals surface area contributed by atoms with Gasteiger partial charge in [-0.3, -0.25) is 24.1 Å². The van der Waals surface area contributed by atoms with Crippen molar-refractivity contribution < 1.29 is 24.3 Å². The third kappa shape index (κ3) is 9.33. The van der Waals surface area contributed by atoms with Crippen LogP contribution in [0.5, 0.6) is 0 Å². The summed E-state index contributed by atoms with van der Waals surface area (Å²) in [7, 11) is 0. The normalized spacial score (nSPS) is 21.1. The number of nitrogens with zero attached hydrogens (tertiary/aromatic N) is 2. The van der Waals surface area contributed by atoms with Crippen LogP contribution >= 0.6 is 11.3 Å². The lowest BCUT2D eigenvalue weighted by atomic mass is 9.72. The van der Waals surface area contributed by atoms with Gasteiger partial charge >= 0.3 is 0 Å². The van der Waals surface area contributed by atoms with Crippen LogP contribution in [0.3, 0.4) is 0 Å². The summed E-state index contributed by atoms with van der Waals surface area (Å²) in [6.07, 6.45) is 4.02. The number of amides is 4. The molecule has 2 aromatic heterocycles. The number of pyridine rings is 1. The SMILES string of the molecule is CC(C)(C)NC(=O)[C@@H]1C[C@@H]2CCCC[C@@H]2CN1C[C@@H](O)[C@H](Cc1cc2ccccc2s1)NC(=O)[C@H](CC(N)=O)NC(=O)c1ccc2ccccc2n1. The first kappa shape index (κ1) is 37.4. The number of carbonyl (C=O) groups excluding carboxylic acids is 4. The molecule has 3 heterocycles. The molecular weight excluding hydrogens is 677 g/mol. The number of para-hydroxylation sites is 1. The van der Waals surface area contributed by atoms with Crippen molar-refractivity contribution in [2.45, 2.75) is 95.5 Å². The first-order chi connectivity index (χ1) is 24.8. The van der Waals surface area contributed by atoms with Crippen LogP contribution in [0.15, 0.2) is 66.7 Å². The second-order valence-electron chi connectivity index (χ2n) is 15.5. The molecule has 52 heavy (non-hydrogen) atoms. The molecular formula is C40H50N6O5S. The van der Waals surface area contributed by atoms with Crippen LogP contribution in [-0.2, 0) is 20.8 Å². The van der Waals surface area contributed by atoms with Gasteiger partial charge in [0, 0.05) is 40.0 Å². The fraction of sp³-hybridized carbons (Fsp3) is 0.475. The molecule has 4 aromatic rings. The minimum atomic E-state index is -1.31. The van der Waals surface area contributed by atoms with Gasteiger partial charge in [0.25, 0.3) is 5.91 Å². The number of carbonyl (C=O) groups is 4. The number of aromatic nitrogens is 1. The summed E-state index contributed by atoms with van der Waals surface area (Å²) >= 11 is 1.58. The average molecular weight is 727 g/mol. The van der Waals surface area contributed by atoms with Crippen LogP contribution < -0.4 is 21.7 Å². The van der Waals surface area contributed by atoms with E-state index in [1.807, 2.05) is 69.3 Å². The Morgan fingerprint density at radius 1 is 0.962 bits per heavy atom. The molecule has 4 amide bonds. The van der Waals surface area contributed by atoms with Gasteiger partial charge < -0.3 is 26.8 Å². The van der Waals surface area contributed by atoms with Crippen LogP contribution in [-0.4, -0.2) is 81.5 Å². The van der Waals surface area contributed by atoms with Crippen molar-refractivity contribution >= 4 is 56.0 Å². The van der Waals surface area contributed by atoms with E-state index in [0.717, 1.165) is 46.0 Å². The molecule has 1 aliphatic carbocycles. The van der Waals surface area contributed by atoms with Crippen LogP contribution in [0.1, 0.15) is 74.7 Å². The second-order valence-corrected chi connectivity index (χ2v) is 16.6. The molecule has 0 bridgehead atoms. The third-order valence-corrected chi connectivity index (χ3v) is 11.4. The van der Waals surface area contributed by atoms with Gasteiger partial charge in [-0.1, -0.05) is 61.7 Å². The smallest absolute Gasteiger partial charge is 0.270 e. The zero-order chi connectivity index (χ0) is 37.0. The molecule has 1 saturated carbocycles. The molecule has 0 radical (unpaired) electrons. The topological polar surface area (TPSA) is 167 Å². The molecule has 1 saturated heterocycles. The van der Waals surface area contributed by atoms with Gasteiger partial charge in [-0.05, 0) is 75.1 Å². The molecule has 2 aliphatic rings. The monoisotopic (exact) mass is 726 g/mol. The van der Waals surface area contributed by atoms with Gasteiger partial charge in [0.1, 0.15) is 11.7 Å². The van der Waals surface area contributed by atoms with E-state index in [0.29, 0.717) is 30.3 Å². The summed E-state index contributed by atoms with van der Waals surface area (Å²) in [5.41, 5.74) is 5.86. The molecule has 0 spiro atoms.